The van der Waals surface area contributed by atoms with Crippen LogP contribution in [0, 0.1) is 13.8 Å². The molecule has 4 N–H and O–H groups in total. The number of aromatic nitrogens is 2. The fourth-order valence-electron chi connectivity index (χ4n) is 2.25. The van der Waals surface area contributed by atoms with Gasteiger partial charge in [-0.15, -0.1) is 0 Å². The van der Waals surface area contributed by atoms with E-state index in [4.69, 9.17) is 10.8 Å². The summed E-state index contributed by atoms with van der Waals surface area (Å²) in [5.74, 6) is -0.983. The maximum Gasteiger partial charge on any atom is 0.337 e. The molecule has 0 aliphatic carbocycles. The van der Waals surface area contributed by atoms with Gasteiger partial charge in [0.1, 0.15) is 0 Å². The number of nitrogen functional groups attached to an aromatic ring is 1. The molecule has 6 heteroatoms. The molecule has 112 valence electrons. The van der Waals surface area contributed by atoms with Gasteiger partial charge in [0.25, 0.3) is 0 Å². The van der Waals surface area contributed by atoms with E-state index in [-0.39, 0.29) is 5.56 Å². The van der Waals surface area contributed by atoms with Crippen LogP contribution in [0.5, 0.6) is 0 Å². The summed E-state index contributed by atoms with van der Waals surface area (Å²) in [5, 5.41) is 16.7. The fourth-order valence-corrected chi connectivity index (χ4v) is 2.25. The number of carbonyl (C=O) groups is 1. The van der Waals surface area contributed by atoms with Crippen molar-refractivity contribution >= 4 is 17.3 Å². The molecular formula is C15H20N4O2. The van der Waals surface area contributed by atoms with E-state index in [1.807, 2.05) is 24.6 Å². The van der Waals surface area contributed by atoms with Crippen LogP contribution in [0.1, 0.15) is 28.2 Å². The first-order chi connectivity index (χ1) is 9.97. The standard InChI is InChI=1S/C15H20N4O2/c1-10-8-11(2)19(18-10)7-3-6-17-14-5-4-12(16)9-13(14)15(20)21/h4-5,8-9,17H,3,6-7,16H2,1-2H3,(H,20,21). The molecule has 0 aliphatic heterocycles. The number of nitrogens with zero attached hydrogens (tertiary/aromatic N) is 2. The first-order valence-corrected chi connectivity index (χ1v) is 6.85. The normalized spacial score (nSPS) is 10.6. The van der Waals surface area contributed by atoms with E-state index in [0.717, 1.165) is 24.4 Å². The molecule has 0 unspecified atom stereocenters. The third-order valence-corrected chi connectivity index (χ3v) is 3.24. The number of nitrogens with one attached hydrogen (secondary N) is 1. The van der Waals surface area contributed by atoms with E-state index in [1.54, 1.807) is 12.1 Å². The lowest BCUT2D eigenvalue weighted by Crippen LogP contribution is -2.11. The molecule has 1 heterocycles. The molecule has 0 atom stereocenters. The molecule has 21 heavy (non-hydrogen) atoms. The van der Waals surface area contributed by atoms with Gasteiger partial charge in [0.05, 0.1) is 11.3 Å². The molecule has 6 nitrogen and oxygen atoms in total. The number of aromatic carboxylic acids is 1. The number of anilines is 2. The number of rotatable bonds is 6. The van der Waals surface area contributed by atoms with Crippen molar-refractivity contribution in [3.8, 4) is 0 Å². The Hall–Kier alpha value is -2.50. The zero-order valence-corrected chi connectivity index (χ0v) is 12.3. The highest BCUT2D eigenvalue weighted by Crippen LogP contribution is 2.19. The molecule has 0 aliphatic rings. The Bertz CT molecular complexity index is 649. The van der Waals surface area contributed by atoms with Gasteiger partial charge in [-0.3, -0.25) is 4.68 Å². The van der Waals surface area contributed by atoms with Crippen molar-refractivity contribution in [1.29, 1.82) is 0 Å². The van der Waals surface area contributed by atoms with Crippen LogP contribution in [0.15, 0.2) is 24.3 Å². The van der Waals surface area contributed by atoms with Gasteiger partial charge in [-0.1, -0.05) is 0 Å². The number of carboxylic acids is 1. The molecule has 0 saturated heterocycles. The quantitative estimate of drug-likeness (QED) is 0.560. The van der Waals surface area contributed by atoms with E-state index < -0.39 is 5.97 Å². The van der Waals surface area contributed by atoms with Crippen molar-refractivity contribution in [1.82, 2.24) is 9.78 Å². The number of aryl methyl sites for hydroxylation is 3. The lowest BCUT2D eigenvalue weighted by atomic mass is 10.1. The first-order valence-electron chi connectivity index (χ1n) is 6.85. The summed E-state index contributed by atoms with van der Waals surface area (Å²) in [7, 11) is 0. The minimum absolute atomic E-state index is 0.195. The van der Waals surface area contributed by atoms with Crippen LogP contribution < -0.4 is 11.1 Å². The van der Waals surface area contributed by atoms with Crippen molar-refractivity contribution in [2.75, 3.05) is 17.6 Å². The number of carboxylic acid groups (broad SMARTS) is 1. The van der Waals surface area contributed by atoms with Crippen LogP contribution in [-0.4, -0.2) is 27.4 Å². The average molecular weight is 288 g/mol. The second kappa shape index (κ2) is 6.30. The van der Waals surface area contributed by atoms with E-state index in [9.17, 15) is 4.79 Å². The highest BCUT2D eigenvalue weighted by atomic mass is 16.4. The minimum atomic E-state index is -0.983. The molecule has 0 radical (unpaired) electrons. The SMILES string of the molecule is Cc1cc(C)n(CCCNc2ccc(N)cc2C(=O)O)n1. The van der Waals surface area contributed by atoms with Crippen molar-refractivity contribution in [2.45, 2.75) is 26.8 Å². The highest BCUT2D eigenvalue weighted by molar-refractivity contribution is 5.95. The van der Waals surface area contributed by atoms with Crippen LogP contribution in [0.2, 0.25) is 0 Å². The van der Waals surface area contributed by atoms with E-state index >= 15 is 0 Å². The third-order valence-electron chi connectivity index (χ3n) is 3.24. The average Bonchev–Trinajstić information content (AvgIpc) is 2.74. The molecule has 0 fully saturated rings. The maximum absolute atomic E-state index is 11.2. The van der Waals surface area contributed by atoms with Gasteiger partial charge < -0.3 is 16.2 Å². The van der Waals surface area contributed by atoms with Crippen LogP contribution in [0.3, 0.4) is 0 Å². The predicted octanol–water partition coefficient (Wildman–Crippen LogP) is 2.28. The van der Waals surface area contributed by atoms with Crippen molar-refractivity contribution in [2.24, 2.45) is 0 Å². The number of hydrogen-bond donors (Lipinski definition) is 3. The summed E-state index contributed by atoms with van der Waals surface area (Å²) in [6.45, 7) is 5.46. The Labute approximate surface area is 123 Å². The Kier molecular flexibility index (Phi) is 4.47. The molecule has 0 saturated carbocycles. The predicted molar refractivity (Wildman–Crippen MR) is 82.6 cm³/mol. The number of nitrogens with two attached hydrogens (primary N) is 1. The van der Waals surface area contributed by atoms with E-state index in [1.165, 1.54) is 6.07 Å². The second-order valence-corrected chi connectivity index (χ2v) is 5.04. The molecule has 0 amide bonds. The zero-order chi connectivity index (χ0) is 15.4. The summed E-state index contributed by atoms with van der Waals surface area (Å²) in [5.41, 5.74) is 8.98. The van der Waals surface area contributed by atoms with E-state index in [2.05, 4.69) is 10.4 Å². The summed E-state index contributed by atoms with van der Waals surface area (Å²) in [6, 6.07) is 6.89. The Balaban J connectivity index is 1.92. The summed E-state index contributed by atoms with van der Waals surface area (Å²) in [6.07, 6.45) is 0.853. The molecule has 1 aromatic heterocycles. The minimum Gasteiger partial charge on any atom is -0.478 e. The van der Waals surface area contributed by atoms with Crippen LogP contribution in [0.4, 0.5) is 11.4 Å². The van der Waals surface area contributed by atoms with Crippen LogP contribution in [-0.2, 0) is 6.54 Å². The topological polar surface area (TPSA) is 93.2 Å². The first kappa shape index (κ1) is 14.9. The smallest absolute Gasteiger partial charge is 0.337 e. The van der Waals surface area contributed by atoms with Gasteiger partial charge in [-0.25, -0.2) is 4.79 Å². The molecule has 1 aromatic carbocycles. The molecular weight excluding hydrogens is 268 g/mol. The van der Waals surface area contributed by atoms with Crippen molar-refractivity contribution in [3.05, 3.63) is 41.2 Å². The maximum atomic E-state index is 11.2. The monoisotopic (exact) mass is 288 g/mol. The van der Waals surface area contributed by atoms with Gasteiger partial charge >= 0.3 is 5.97 Å². The lowest BCUT2D eigenvalue weighted by Gasteiger charge is -2.10. The third kappa shape index (κ3) is 3.75. The molecule has 0 bridgehead atoms. The van der Waals surface area contributed by atoms with Gasteiger partial charge in [0.2, 0.25) is 0 Å². The second-order valence-electron chi connectivity index (χ2n) is 5.04. The van der Waals surface area contributed by atoms with Gasteiger partial charge in [-0.05, 0) is 44.5 Å². The molecule has 0 spiro atoms. The summed E-state index contributed by atoms with van der Waals surface area (Å²) in [4.78, 5) is 11.2. The van der Waals surface area contributed by atoms with Crippen LogP contribution >= 0.6 is 0 Å². The van der Waals surface area contributed by atoms with Gasteiger partial charge in [0.15, 0.2) is 0 Å². The number of hydrogen-bond acceptors (Lipinski definition) is 4. The largest absolute Gasteiger partial charge is 0.478 e. The fraction of sp³-hybridized carbons (Fsp3) is 0.333. The Morgan fingerprint density at radius 3 is 2.76 bits per heavy atom. The van der Waals surface area contributed by atoms with Crippen molar-refractivity contribution < 1.29 is 9.90 Å². The summed E-state index contributed by atoms with van der Waals surface area (Å²) >= 11 is 0. The Morgan fingerprint density at radius 2 is 2.14 bits per heavy atom. The molecule has 2 aromatic rings. The summed E-state index contributed by atoms with van der Waals surface area (Å²) < 4.78 is 1.96. The van der Waals surface area contributed by atoms with Gasteiger partial charge in [0, 0.05) is 30.2 Å². The van der Waals surface area contributed by atoms with Gasteiger partial charge in [-0.2, -0.15) is 5.10 Å². The lowest BCUT2D eigenvalue weighted by molar-refractivity contribution is 0.0698. The van der Waals surface area contributed by atoms with Crippen LogP contribution in [0.25, 0.3) is 0 Å². The molecule has 2 rings (SSSR count). The van der Waals surface area contributed by atoms with Crippen molar-refractivity contribution in [3.63, 3.8) is 0 Å². The van der Waals surface area contributed by atoms with E-state index in [0.29, 0.717) is 17.9 Å². The zero-order valence-electron chi connectivity index (χ0n) is 12.3. The Morgan fingerprint density at radius 1 is 1.38 bits per heavy atom. The highest BCUT2D eigenvalue weighted by Gasteiger charge is 2.10. The number of benzene rings is 1.